The molecule has 35 heavy (non-hydrogen) atoms. The predicted octanol–water partition coefficient (Wildman–Crippen LogP) is 2.55. The van der Waals surface area contributed by atoms with E-state index < -0.39 is 0 Å². The van der Waals surface area contributed by atoms with Gasteiger partial charge < -0.3 is 19.9 Å². The fraction of sp³-hybridized carbons (Fsp3) is 0.519. The Bertz CT molecular complexity index is 962. The first kappa shape index (κ1) is 25.0. The van der Waals surface area contributed by atoms with Crippen LogP contribution < -0.4 is 15.0 Å². The second-order valence-electron chi connectivity index (χ2n) is 9.37. The molecule has 2 saturated heterocycles. The highest BCUT2D eigenvalue weighted by molar-refractivity contribution is 5.79. The van der Waals surface area contributed by atoms with E-state index in [9.17, 15) is 9.59 Å². The van der Waals surface area contributed by atoms with Crippen molar-refractivity contribution in [2.45, 2.75) is 32.2 Å². The van der Waals surface area contributed by atoms with Crippen LogP contribution in [0.2, 0.25) is 0 Å². The fourth-order valence-corrected chi connectivity index (χ4v) is 4.95. The van der Waals surface area contributed by atoms with Gasteiger partial charge in [-0.05, 0) is 55.6 Å². The zero-order valence-corrected chi connectivity index (χ0v) is 20.7. The van der Waals surface area contributed by atoms with E-state index in [0.29, 0.717) is 32.5 Å². The first-order valence-electron chi connectivity index (χ1n) is 12.7. The molecule has 1 N–H and O–H groups in total. The van der Waals surface area contributed by atoms with Gasteiger partial charge in [-0.15, -0.1) is 0 Å². The van der Waals surface area contributed by atoms with E-state index in [0.717, 1.165) is 57.0 Å². The van der Waals surface area contributed by atoms with Gasteiger partial charge >= 0.3 is 0 Å². The number of rotatable bonds is 5. The van der Waals surface area contributed by atoms with Crippen LogP contribution in [0.3, 0.4) is 0 Å². The summed E-state index contributed by atoms with van der Waals surface area (Å²) in [6, 6.07) is 12.1. The molecule has 0 aliphatic carbocycles. The van der Waals surface area contributed by atoms with Crippen molar-refractivity contribution in [3.05, 3.63) is 54.4 Å². The Balaban J connectivity index is 1.33. The minimum absolute atomic E-state index is 0.0560. The van der Waals surface area contributed by atoms with Crippen molar-refractivity contribution in [2.24, 2.45) is 5.92 Å². The van der Waals surface area contributed by atoms with Crippen LogP contribution >= 0.6 is 0 Å². The molecule has 0 bridgehead atoms. The first-order chi connectivity index (χ1) is 17.1. The number of methoxy groups -OCH3 is 1. The first-order valence-corrected chi connectivity index (χ1v) is 12.7. The molecule has 8 heteroatoms. The summed E-state index contributed by atoms with van der Waals surface area (Å²) in [7, 11) is 1.68. The SMILES string of the molecule is COc1cccc(N2CCN(C(=O)C3CCCN(Cc4ccncc4)CCC(=O)NCC3)CC2)c1. The monoisotopic (exact) mass is 479 g/mol. The van der Waals surface area contributed by atoms with E-state index in [2.05, 4.69) is 26.2 Å². The van der Waals surface area contributed by atoms with Crippen molar-refractivity contribution in [2.75, 3.05) is 57.8 Å². The minimum Gasteiger partial charge on any atom is -0.497 e. The molecule has 1 aromatic heterocycles. The lowest BCUT2D eigenvalue weighted by Gasteiger charge is -2.37. The Morgan fingerprint density at radius 2 is 1.86 bits per heavy atom. The van der Waals surface area contributed by atoms with Crippen LogP contribution in [-0.4, -0.2) is 79.5 Å². The number of hydrogen-bond acceptors (Lipinski definition) is 6. The van der Waals surface area contributed by atoms with E-state index in [4.69, 9.17) is 4.74 Å². The number of nitrogens with zero attached hydrogens (tertiary/aromatic N) is 4. The van der Waals surface area contributed by atoms with Crippen molar-refractivity contribution < 1.29 is 14.3 Å². The van der Waals surface area contributed by atoms with Gasteiger partial charge in [0.2, 0.25) is 11.8 Å². The highest BCUT2D eigenvalue weighted by Gasteiger charge is 2.28. The van der Waals surface area contributed by atoms with Crippen LogP contribution in [0, 0.1) is 5.92 Å². The lowest BCUT2D eigenvalue weighted by atomic mass is 9.97. The Hall–Kier alpha value is -3.13. The summed E-state index contributed by atoms with van der Waals surface area (Å²) in [6.07, 6.45) is 6.58. The van der Waals surface area contributed by atoms with Crippen molar-refractivity contribution >= 4 is 17.5 Å². The number of nitrogens with one attached hydrogen (secondary N) is 1. The largest absolute Gasteiger partial charge is 0.497 e. The zero-order chi connectivity index (χ0) is 24.5. The minimum atomic E-state index is -0.0560. The van der Waals surface area contributed by atoms with Gasteiger partial charge in [0.05, 0.1) is 7.11 Å². The van der Waals surface area contributed by atoms with Gasteiger partial charge in [-0.1, -0.05) is 6.07 Å². The maximum Gasteiger partial charge on any atom is 0.225 e. The van der Waals surface area contributed by atoms with Crippen LogP contribution in [-0.2, 0) is 16.1 Å². The predicted molar refractivity (Wildman–Crippen MR) is 136 cm³/mol. The summed E-state index contributed by atoms with van der Waals surface area (Å²) < 4.78 is 5.36. The van der Waals surface area contributed by atoms with Gasteiger partial charge in [0.25, 0.3) is 0 Å². The van der Waals surface area contributed by atoms with Crippen molar-refractivity contribution in [3.8, 4) is 5.75 Å². The Morgan fingerprint density at radius 3 is 2.63 bits per heavy atom. The summed E-state index contributed by atoms with van der Waals surface area (Å²) >= 11 is 0. The molecular weight excluding hydrogens is 442 g/mol. The van der Waals surface area contributed by atoms with Gasteiger partial charge in [-0.2, -0.15) is 0 Å². The normalized spacial score (nSPS) is 20.6. The molecule has 0 saturated carbocycles. The summed E-state index contributed by atoms with van der Waals surface area (Å²) in [6.45, 7) is 6.00. The van der Waals surface area contributed by atoms with Gasteiger partial charge in [0.1, 0.15) is 5.75 Å². The average molecular weight is 480 g/mol. The van der Waals surface area contributed by atoms with Gasteiger partial charge in [0.15, 0.2) is 0 Å². The molecule has 188 valence electrons. The molecule has 2 aliphatic heterocycles. The van der Waals surface area contributed by atoms with E-state index in [1.54, 1.807) is 19.5 Å². The van der Waals surface area contributed by atoms with Crippen LogP contribution in [0.5, 0.6) is 5.75 Å². The third-order valence-corrected chi connectivity index (χ3v) is 7.01. The number of piperazine rings is 1. The summed E-state index contributed by atoms with van der Waals surface area (Å²) in [5, 5.41) is 3.03. The fourth-order valence-electron chi connectivity index (χ4n) is 4.95. The maximum absolute atomic E-state index is 13.5. The molecule has 3 heterocycles. The van der Waals surface area contributed by atoms with Gasteiger partial charge in [-0.25, -0.2) is 0 Å². The molecule has 0 radical (unpaired) electrons. The van der Waals surface area contributed by atoms with E-state index in [-0.39, 0.29) is 17.7 Å². The number of amides is 2. The van der Waals surface area contributed by atoms with Gasteiger partial charge in [-0.3, -0.25) is 19.5 Å². The number of ether oxygens (including phenoxy) is 1. The highest BCUT2D eigenvalue weighted by atomic mass is 16.5. The molecule has 8 nitrogen and oxygen atoms in total. The molecule has 4 rings (SSSR count). The van der Waals surface area contributed by atoms with Gasteiger partial charge in [0, 0.05) is 82.3 Å². The Morgan fingerprint density at radius 1 is 1.06 bits per heavy atom. The third kappa shape index (κ3) is 7.18. The molecule has 2 aromatic rings. The number of carbonyl (C=O) groups excluding carboxylic acids is 2. The molecule has 1 unspecified atom stereocenters. The second-order valence-corrected chi connectivity index (χ2v) is 9.37. The number of benzene rings is 1. The van der Waals surface area contributed by atoms with Crippen molar-refractivity contribution in [1.82, 2.24) is 20.1 Å². The molecule has 0 spiro atoms. The second kappa shape index (κ2) is 12.5. The number of carbonyl (C=O) groups is 2. The molecule has 2 amide bonds. The van der Waals surface area contributed by atoms with Crippen molar-refractivity contribution in [1.29, 1.82) is 0 Å². The quantitative estimate of drug-likeness (QED) is 0.710. The lowest BCUT2D eigenvalue weighted by Crippen LogP contribution is -2.50. The molecular formula is C27H37N5O3. The summed E-state index contributed by atoms with van der Waals surface area (Å²) in [5.74, 6) is 1.08. The highest BCUT2D eigenvalue weighted by Crippen LogP contribution is 2.23. The van der Waals surface area contributed by atoms with Crippen molar-refractivity contribution in [3.63, 3.8) is 0 Å². The van der Waals surface area contributed by atoms with Crippen LogP contribution in [0.4, 0.5) is 5.69 Å². The van der Waals surface area contributed by atoms with Crippen LogP contribution in [0.25, 0.3) is 0 Å². The maximum atomic E-state index is 13.5. The number of aromatic nitrogens is 1. The lowest BCUT2D eigenvalue weighted by molar-refractivity contribution is -0.136. The third-order valence-electron chi connectivity index (χ3n) is 7.01. The molecule has 2 fully saturated rings. The van der Waals surface area contributed by atoms with E-state index in [1.807, 2.05) is 35.2 Å². The topological polar surface area (TPSA) is 78.0 Å². The Labute approximate surface area is 208 Å². The zero-order valence-electron chi connectivity index (χ0n) is 20.7. The molecule has 1 aromatic carbocycles. The van der Waals surface area contributed by atoms with Crippen LogP contribution in [0.15, 0.2) is 48.8 Å². The average Bonchev–Trinajstić information content (AvgIpc) is 2.94. The van der Waals surface area contributed by atoms with E-state index >= 15 is 0 Å². The number of anilines is 1. The summed E-state index contributed by atoms with van der Waals surface area (Å²) in [4.78, 5) is 36.5. The molecule has 2 aliphatic rings. The standard InChI is InChI=1S/C27H37N5O3/c1-35-25-6-2-5-24(20-25)31-16-18-32(19-17-31)27(34)23-4-3-14-30(15-10-26(33)29-13-9-23)21-22-7-11-28-12-8-22/h2,5-8,11-12,20,23H,3-4,9-10,13-19,21H2,1H3,(H,29,33). The Kier molecular flexibility index (Phi) is 8.95. The smallest absolute Gasteiger partial charge is 0.225 e. The summed E-state index contributed by atoms with van der Waals surface area (Å²) in [5.41, 5.74) is 2.32. The number of pyridine rings is 1. The number of hydrogen-bond donors (Lipinski definition) is 1. The van der Waals surface area contributed by atoms with Crippen LogP contribution in [0.1, 0.15) is 31.2 Å². The van der Waals surface area contributed by atoms with E-state index in [1.165, 1.54) is 5.56 Å². The molecule has 1 atom stereocenters.